The lowest BCUT2D eigenvalue weighted by molar-refractivity contribution is -0.117. The second kappa shape index (κ2) is 11.6. The summed E-state index contributed by atoms with van der Waals surface area (Å²) in [4.78, 5) is 42.6. The Bertz CT molecular complexity index is 965. The van der Waals surface area contributed by atoms with Gasteiger partial charge in [0.1, 0.15) is 12.3 Å². The molecule has 1 aliphatic heterocycles. The van der Waals surface area contributed by atoms with E-state index in [2.05, 4.69) is 20.5 Å². The van der Waals surface area contributed by atoms with Gasteiger partial charge in [-0.25, -0.2) is 4.79 Å². The van der Waals surface area contributed by atoms with E-state index >= 15 is 0 Å². The van der Waals surface area contributed by atoms with Crippen LogP contribution in [-0.4, -0.2) is 73.7 Å². The number of nitrogens with zero attached hydrogens (tertiary/aromatic N) is 1. The Balaban J connectivity index is 1.48. The second-order valence-corrected chi connectivity index (χ2v) is 8.19. The number of hydrogen-bond donors (Lipinski definition) is 3. The third kappa shape index (κ3) is 6.66. The predicted molar refractivity (Wildman–Crippen MR) is 124 cm³/mol. The number of methoxy groups -OCH3 is 1. The number of aryl methyl sites for hydroxylation is 1. The van der Waals surface area contributed by atoms with Gasteiger partial charge in [0.15, 0.2) is 0 Å². The van der Waals surface area contributed by atoms with Crippen molar-refractivity contribution in [3.63, 3.8) is 0 Å². The Morgan fingerprint density at radius 1 is 1.09 bits per heavy atom. The normalized spacial score (nSPS) is 14.6. The molecule has 9 heteroatoms. The number of piperidine rings is 1. The Morgan fingerprint density at radius 3 is 2.45 bits per heavy atom. The fourth-order valence-corrected chi connectivity index (χ4v) is 3.99. The smallest absolute Gasteiger partial charge is 0.340 e. The minimum atomic E-state index is -0.473. The van der Waals surface area contributed by atoms with Crippen LogP contribution in [0, 0.1) is 13.8 Å². The van der Waals surface area contributed by atoms with Crippen LogP contribution < -0.4 is 10.6 Å². The molecule has 2 heterocycles. The molecule has 1 aromatic carbocycles. The lowest BCUT2D eigenvalue weighted by Gasteiger charge is -2.31. The molecule has 0 spiro atoms. The van der Waals surface area contributed by atoms with Gasteiger partial charge in [0.2, 0.25) is 5.91 Å². The molecule has 33 heavy (non-hydrogen) atoms. The van der Waals surface area contributed by atoms with Crippen LogP contribution in [0.1, 0.15) is 44.9 Å². The molecule has 0 unspecified atom stereocenters. The average Bonchev–Trinajstić information content (AvgIpc) is 3.10. The van der Waals surface area contributed by atoms with Gasteiger partial charge in [-0.05, 0) is 44.4 Å². The Labute approximate surface area is 193 Å². The van der Waals surface area contributed by atoms with E-state index in [4.69, 9.17) is 9.47 Å². The molecule has 9 nitrogen and oxygen atoms in total. The number of carbonyl (C=O) groups excluding carboxylic acids is 3. The number of para-hydroxylation sites is 1. The number of anilines is 1. The topological polar surface area (TPSA) is 113 Å². The van der Waals surface area contributed by atoms with E-state index in [1.54, 1.807) is 13.8 Å². The highest BCUT2D eigenvalue weighted by molar-refractivity contribution is 6.00. The van der Waals surface area contributed by atoms with E-state index in [9.17, 15) is 14.4 Å². The first-order chi connectivity index (χ1) is 15.9. The Hall–Kier alpha value is -3.17. The number of aromatic amines is 1. The average molecular weight is 457 g/mol. The molecular weight excluding hydrogens is 424 g/mol. The summed E-state index contributed by atoms with van der Waals surface area (Å²) < 4.78 is 10.1. The van der Waals surface area contributed by atoms with Crippen molar-refractivity contribution < 1.29 is 23.9 Å². The molecule has 3 N–H and O–H groups in total. The molecule has 0 aliphatic carbocycles. The molecule has 2 aromatic rings. The SMILES string of the molecule is COCCOC(=O)c1c(C)[nH]c(C(=O)NC2CCN(CC(=O)Nc3ccccc3)CC2)c1C. The summed E-state index contributed by atoms with van der Waals surface area (Å²) in [6, 6.07) is 9.38. The van der Waals surface area contributed by atoms with Gasteiger partial charge in [-0.3, -0.25) is 14.5 Å². The van der Waals surface area contributed by atoms with E-state index in [0.29, 0.717) is 48.8 Å². The minimum Gasteiger partial charge on any atom is -0.460 e. The first-order valence-corrected chi connectivity index (χ1v) is 11.1. The largest absolute Gasteiger partial charge is 0.460 e. The van der Waals surface area contributed by atoms with Crippen molar-refractivity contribution in [2.24, 2.45) is 0 Å². The van der Waals surface area contributed by atoms with Gasteiger partial charge in [0.25, 0.3) is 5.91 Å². The molecule has 1 fully saturated rings. The molecule has 178 valence electrons. The van der Waals surface area contributed by atoms with E-state index < -0.39 is 5.97 Å². The van der Waals surface area contributed by atoms with Crippen LogP contribution in [0.2, 0.25) is 0 Å². The molecule has 0 bridgehead atoms. The van der Waals surface area contributed by atoms with Gasteiger partial charge < -0.3 is 25.1 Å². The van der Waals surface area contributed by atoms with E-state index in [0.717, 1.165) is 18.5 Å². The van der Waals surface area contributed by atoms with Crippen molar-refractivity contribution in [1.29, 1.82) is 0 Å². The number of benzene rings is 1. The lowest BCUT2D eigenvalue weighted by atomic mass is 10.0. The molecule has 2 amide bonds. The summed E-state index contributed by atoms with van der Waals surface area (Å²) in [5, 5.41) is 5.95. The minimum absolute atomic E-state index is 0.00560. The number of rotatable bonds is 9. The molecule has 0 saturated carbocycles. The molecule has 3 rings (SSSR count). The first kappa shape index (κ1) is 24.5. The zero-order valence-electron chi connectivity index (χ0n) is 19.4. The third-order valence-electron chi connectivity index (χ3n) is 5.74. The number of carbonyl (C=O) groups is 3. The van der Waals surface area contributed by atoms with Gasteiger partial charge in [0.05, 0.1) is 18.7 Å². The number of amides is 2. The van der Waals surface area contributed by atoms with Crippen molar-refractivity contribution in [2.45, 2.75) is 32.7 Å². The Kier molecular flexibility index (Phi) is 8.62. The number of nitrogens with one attached hydrogen (secondary N) is 3. The monoisotopic (exact) mass is 456 g/mol. The molecular formula is C24H32N4O5. The molecule has 1 aromatic heterocycles. The van der Waals surface area contributed by atoms with Crippen LogP contribution >= 0.6 is 0 Å². The number of hydrogen-bond acceptors (Lipinski definition) is 6. The van der Waals surface area contributed by atoms with Crippen LogP contribution in [0.4, 0.5) is 5.69 Å². The zero-order chi connectivity index (χ0) is 23.8. The van der Waals surface area contributed by atoms with Gasteiger partial charge >= 0.3 is 5.97 Å². The second-order valence-electron chi connectivity index (χ2n) is 8.19. The number of ether oxygens (including phenoxy) is 2. The number of esters is 1. The first-order valence-electron chi connectivity index (χ1n) is 11.1. The molecule has 1 aliphatic rings. The molecule has 1 saturated heterocycles. The van der Waals surface area contributed by atoms with Crippen molar-refractivity contribution in [2.75, 3.05) is 45.3 Å². The number of aromatic nitrogens is 1. The van der Waals surface area contributed by atoms with E-state index in [1.807, 2.05) is 30.3 Å². The summed E-state index contributed by atoms with van der Waals surface area (Å²) in [7, 11) is 1.53. The number of H-pyrrole nitrogens is 1. The quantitative estimate of drug-likeness (QED) is 0.394. The van der Waals surface area contributed by atoms with Gasteiger partial charge in [0, 0.05) is 37.6 Å². The fraction of sp³-hybridized carbons (Fsp3) is 0.458. The summed E-state index contributed by atoms with van der Waals surface area (Å²) >= 11 is 0. The van der Waals surface area contributed by atoms with Crippen LogP contribution in [0.5, 0.6) is 0 Å². The summed E-state index contributed by atoms with van der Waals surface area (Å²) in [5.74, 6) is -0.766. The van der Waals surface area contributed by atoms with Crippen LogP contribution in [0.3, 0.4) is 0 Å². The highest BCUT2D eigenvalue weighted by atomic mass is 16.6. The third-order valence-corrected chi connectivity index (χ3v) is 5.74. The van der Waals surface area contributed by atoms with E-state index in [-0.39, 0.29) is 24.5 Å². The predicted octanol–water partition coefficient (Wildman–Crippen LogP) is 2.27. The number of likely N-dealkylation sites (tertiary alicyclic amines) is 1. The fourth-order valence-electron chi connectivity index (χ4n) is 3.99. The summed E-state index contributed by atoms with van der Waals surface area (Å²) in [6.45, 7) is 5.70. The van der Waals surface area contributed by atoms with Crippen LogP contribution in [0.25, 0.3) is 0 Å². The lowest BCUT2D eigenvalue weighted by Crippen LogP contribution is -2.46. The zero-order valence-corrected chi connectivity index (χ0v) is 19.4. The van der Waals surface area contributed by atoms with Crippen molar-refractivity contribution in [3.05, 3.63) is 52.8 Å². The summed E-state index contributed by atoms with van der Waals surface area (Å²) in [5.41, 5.74) is 2.70. The van der Waals surface area contributed by atoms with Crippen molar-refractivity contribution in [1.82, 2.24) is 15.2 Å². The maximum atomic E-state index is 12.9. The Morgan fingerprint density at radius 2 is 1.79 bits per heavy atom. The van der Waals surface area contributed by atoms with Gasteiger partial charge in [-0.15, -0.1) is 0 Å². The maximum absolute atomic E-state index is 12.9. The maximum Gasteiger partial charge on any atom is 0.340 e. The molecule has 0 radical (unpaired) electrons. The van der Waals surface area contributed by atoms with Gasteiger partial charge in [-0.2, -0.15) is 0 Å². The summed E-state index contributed by atoms with van der Waals surface area (Å²) in [6.07, 6.45) is 1.49. The van der Waals surface area contributed by atoms with Crippen molar-refractivity contribution >= 4 is 23.5 Å². The van der Waals surface area contributed by atoms with Crippen LogP contribution in [-0.2, 0) is 14.3 Å². The van der Waals surface area contributed by atoms with Crippen molar-refractivity contribution in [3.8, 4) is 0 Å². The highest BCUT2D eigenvalue weighted by Crippen LogP contribution is 2.20. The standard InChI is InChI=1S/C24H32N4O5/c1-16-21(24(31)33-14-13-32-3)17(2)25-22(16)23(30)27-19-9-11-28(12-10-19)15-20(29)26-18-7-5-4-6-8-18/h4-8,19,25H,9-15H2,1-3H3,(H,26,29)(H,27,30). The van der Waals surface area contributed by atoms with Gasteiger partial charge in [-0.1, -0.05) is 18.2 Å². The highest BCUT2D eigenvalue weighted by Gasteiger charge is 2.26. The van der Waals surface area contributed by atoms with E-state index in [1.165, 1.54) is 7.11 Å². The van der Waals surface area contributed by atoms with Crippen LogP contribution in [0.15, 0.2) is 30.3 Å². The molecule has 0 atom stereocenters.